The third kappa shape index (κ3) is 10.3. The van der Waals surface area contributed by atoms with Gasteiger partial charge in [-0.1, -0.05) is 13.0 Å². The van der Waals surface area contributed by atoms with E-state index in [0.29, 0.717) is 23.9 Å². The average Bonchev–Trinajstić information content (AvgIpc) is 3.73. The molecule has 0 aromatic heterocycles. The van der Waals surface area contributed by atoms with Crippen LogP contribution < -0.4 is 15.2 Å². The largest absolute Gasteiger partial charge is 0.494 e. The number of nitrogens with zero attached hydrogens (tertiary/aromatic N) is 3. The molecule has 12 heteroatoms. The van der Waals surface area contributed by atoms with Crippen molar-refractivity contribution in [1.82, 2.24) is 9.62 Å². The summed E-state index contributed by atoms with van der Waals surface area (Å²) >= 11 is 1.56. The molecule has 0 spiro atoms. The van der Waals surface area contributed by atoms with E-state index in [0.717, 1.165) is 49.2 Å². The van der Waals surface area contributed by atoms with Gasteiger partial charge in [0.2, 0.25) is 0 Å². The Hall–Kier alpha value is -2.99. The Kier molecular flexibility index (Phi) is 13.4. The third-order valence-corrected chi connectivity index (χ3v) is 9.47. The predicted octanol–water partition coefficient (Wildman–Crippen LogP) is 7.07. The van der Waals surface area contributed by atoms with Gasteiger partial charge in [0.15, 0.2) is 12.2 Å². The molecule has 2 aliphatic rings. The molecular formula is C33H48F3N5O3S. The van der Waals surface area contributed by atoms with Gasteiger partial charge in [0.1, 0.15) is 17.8 Å². The van der Waals surface area contributed by atoms with Crippen LogP contribution in [0.4, 0.5) is 13.2 Å². The van der Waals surface area contributed by atoms with E-state index in [1.165, 1.54) is 12.3 Å². The minimum atomic E-state index is -4.22. The number of halogens is 3. The topological polar surface area (TPSA) is 102 Å². The molecule has 0 bridgehead atoms. The van der Waals surface area contributed by atoms with Crippen molar-refractivity contribution in [1.29, 1.82) is 0 Å². The number of alkyl halides is 3. The summed E-state index contributed by atoms with van der Waals surface area (Å²) in [5.41, 5.74) is 4.52. The summed E-state index contributed by atoms with van der Waals surface area (Å²) in [6, 6.07) is 8.02. The number of hydrogen-bond acceptors (Lipinski definition) is 8. The monoisotopic (exact) mass is 651 g/mol. The summed E-state index contributed by atoms with van der Waals surface area (Å²) in [5.74, 6) is 1.86. The van der Waals surface area contributed by atoms with Crippen LogP contribution in [0.2, 0.25) is 0 Å². The van der Waals surface area contributed by atoms with Crippen LogP contribution in [0, 0.1) is 11.3 Å². The number of nitrogens with two attached hydrogens (primary N) is 1. The fourth-order valence-corrected chi connectivity index (χ4v) is 6.18. The lowest BCUT2D eigenvalue weighted by Gasteiger charge is -2.37. The van der Waals surface area contributed by atoms with Crippen molar-refractivity contribution < 1.29 is 27.4 Å². The number of nitrogens with one attached hydrogen (secondary N) is 1. The lowest BCUT2D eigenvalue weighted by atomic mass is 9.89. The Bertz CT molecular complexity index is 1230. The summed E-state index contributed by atoms with van der Waals surface area (Å²) < 4.78 is 53.7. The average molecular weight is 652 g/mol. The summed E-state index contributed by atoms with van der Waals surface area (Å²) in [7, 11) is 1.89. The summed E-state index contributed by atoms with van der Waals surface area (Å²) in [5, 5.41) is 0. The molecule has 3 atom stereocenters. The first kappa shape index (κ1) is 36.5. The van der Waals surface area contributed by atoms with Crippen LogP contribution in [0.25, 0.3) is 0 Å². The molecule has 3 N–H and O–H groups in total. The maximum absolute atomic E-state index is 13.1. The smallest absolute Gasteiger partial charge is 0.394 e. The van der Waals surface area contributed by atoms with Gasteiger partial charge in [-0.3, -0.25) is 14.5 Å². The highest BCUT2D eigenvalue weighted by Gasteiger charge is 2.62. The Morgan fingerprint density at radius 2 is 1.98 bits per heavy atom. The fraction of sp³-hybridized carbons (Fsp3) is 0.606. The van der Waals surface area contributed by atoms with Gasteiger partial charge in [-0.05, 0) is 115 Å². The number of benzene rings is 1. The molecule has 3 rings (SSSR count). The van der Waals surface area contributed by atoms with E-state index >= 15 is 0 Å². The van der Waals surface area contributed by atoms with Crippen LogP contribution in [0.3, 0.4) is 0 Å². The zero-order chi connectivity index (χ0) is 33.1. The highest BCUT2D eigenvalue weighted by molar-refractivity contribution is 7.97. The lowest BCUT2D eigenvalue weighted by molar-refractivity contribution is -0.191. The van der Waals surface area contributed by atoms with Gasteiger partial charge in [-0.25, -0.2) is 4.99 Å². The van der Waals surface area contributed by atoms with Crippen LogP contribution >= 0.6 is 11.9 Å². The maximum Gasteiger partial charge on any atom is 0.394 e. The highest BCUT2D eigenvalue weighted by Crippen LogP contribution is 2.59. The van der Waals surface area contributed by atoms with Crippen molar-refractivity contribution in [3.05, 3.63) is 47.9 Å². The van der Waals surface area contributed by atoms with Crippen LogP contribution in [-0.4, -0.2) is 67.9 Å². The molecule has 3 unspecified atom stereocenters. The molecule has 1 saturated carbocycles. The van der Waals surface area contributed by atoms with Crippen LogP contribution in [-0.2, 0) is 9.53 Å². The zero-order valence-electron chi connectivity index (χ0n) is 27.0. The number of aliphatic imine (C=N–C) groups is 2. The summed E-state index contributed by atoms with van der Waals surface area (Å²) in [4.78, 5) is 24.7. The molecule has 1 aromatic rings. The minimum absolute atomic E-state index is 0.00936. The molecule has 1 saturated heterocycles. The Balaban J connectivity index is 1.59. The van der Waals surface area contributed by atoms with Crippen LogP contribution in [0.1, 0.15) is 72.6 Å². The molecule has 45 heavy (non-hydrogen) atoms. The predicted molar refractivity (Wildman–Crippen MR) is 175 cm³/mol. The molecule has 0 amide bonds. The number of amidine groups is 1. The molecule has 1 aliphatic carbocycles. The molecule has 8 nitrogen and oxygen atoms in total. The van der Waals surface area contributed by atoms with E-state index in [1.54, 1.807) is 24.9 Å². The minimum Gasteiger partial charge on any atom is -0.494 e. The van der Waals surface area contributed by atoms with E-state index in [2.05, 4.69) is 28.5 Å². The van der Waals surface area contributed by atoms with Crippen molar-refractivity contribution in [2.75, 3.05) is 26.8 Å². The van der Waals surface area contributed by atoms with E-state index in [-0.39, 0.29) is 37.3 Å². The molecule has 2 fully saturated rings. The van der Waals surface area contributed by atoms with Gasteiger partial charge in [0.25, 0.3) is 0 Å². The molecule has 250 valence electrons. The Morgan fingerprint density at radius 1 is 1.27 bits per heavy atom. The number of ether oxygens (including phenoxy) is 2. The fourth-order valence-electron chi connectivity index (χ4n) is 5.67. The molecule has 0 radical (unpaired) electrons. The zero-order valence-corrected chi connectivity index (χ0v) is 27.8. The van der Waals surface area contributed by atoms with Gasteiger partial charge >= 0.3 is 6.18 Å². The Labute approximate surface area is 269 Å². The van der Waals surface area contributed by atoms with Crippen molar-refractivity contribution in [2.45, 2.75) is 95.4 Å². The standard InChI is InChI=1S/C33H48F3N5O3S/c1-6-26(23-42)30(40-24(3)39-18-14-29(37)44-20-17-32(15-16-32)33(34,35)36)41-22-25(21-31(41,4)7-2)9-8-19-43-27-10-12-28(13-11-27)45-38-5/h6,10-14,18,23-25,38H,7-9,15-17,19-22,37H2,1-5H3/b26-6-,29-14?,39-18?,40-30?. The van der Waals surface area contributed by atoms with E-state index < -0.39 is 17.8 Å². The second-order valence-electron chi connectivity index (χ2n) is 12.0. The van der Waals surface area contributed by atoms with Gasteiger partial charge in [-0.15, -0.1) is 0 Å². The van der Waals surface area contributed by atoms with Crippen molar-refractivity contribution >= 4 is 30.3 Å². The van der Waals surface area contributed by atoms with E-state index in [4.69, 9.17) is 20.2 Å². The first-order chi connectivity index (χ1) is 21.4. The van der Waals surface area contributed by atoms with Crippen molar-refractivity contribution in [3.63, 3.8) is 0 Å². The number of rotatable bonds is 17. The molecule has 1 aliphatic heterocycles. The molecule has 1 aromatic carbocycles. The van der Waals surface area contributed by atoms with Crippen molar-refractivity contribution in [3.8, 4) is 5.75 Å². The first-order valence-electron chi connectivity index (χ1n) is 15.6. The summed E-state index contributed by atoms with van der Waals surface area (Å²) in [6.45, 7) is 9.26. The Morgan fingerprint density at radius 3 is 2.56 bits per heavy atom. The number of likely N-dealkylation sites (tertiary alicyclic amines) is 1. The van der Waals surface area contributed by atoms with E-state index in [9.17, 15) is 18.0 Å². The van der Waals surface area contributed by atoms with Gasteiger partial charge < -0.3 is 20.1 Å². The highest BCUT2D eigenvalue weighted by atomic mass is 32.2. The summed E-state index contributed by atoms with van der Waals surface area (Å²) in [6.07, 6.45) is 4.59. The van der Waals surface area contributed by atoms with Crippen LogP contribution in [0.15, 0.2) is 62.8 Å². The first-order valence-corrected chi connectivity index (χ1v) is 16.4. The number of carbonyl (C=O) groups is 1. The van der Waals surface area contributed by atoms with Crippen LogP contribution in [0.5, 0.6) is 5.75 Å². The third-order valence-electron chi connectivity index (χ3n) is 8.76. The molecular weight excluding hydrogens is 603 g/mol. The van der Waals surface area contributed by atoms with Crippen molar-refractivity contribution in [2.24, 2.45) is 27.1 Å². The SMILES string of the molecule is C/C=C(/C=O)C(=NC(C)N=CC=C(N)OCCC1(C(F)(F)F)CC1)N1CC(CCCOc2ccc(SNC)cc2)CC1(C)CC. The second-order valence-corrected chi connectivity index (χ2v) is 13.1. The number of aldehydes is 1. The van der Waals surface area contributed by atoms with Gasteiger partial charge in [0.05, 0.1) is 24.2 Å². The van der Waals surface area contributed by atoms with Gasteiger partial charge in [0, 0.05) is 29.3 Å². The van der Waals surface area contributed by atoms with Gasteiger partial charge in [-0.2, -0.15) is 13.2 Å². The number of hydrogen-bond donors (Lipinski definition) is 2. The second kappa shape index (κ2) is 16.5. The van der Waals surface area contributed by atoms with E-state index in [1.807, 2.05) is 38.2 Å². The maximum atomic E-state index is 13.1. The quantitative estimate of drug-likeness (QED) is 0.0353. The number of allylic oxidation sites excluding steroid dienone is 2. The lowest BCUT2D eigenvalue weighted by Crippen LogP contribution is -2.46. The normalized spacial score (nSPS) is 23.0. The number of carbonyl (C=O) groups excluding carboxylic acids is 1. The molecule has 1 heterocycles.